The van der Waals surface area contributed by atoms with Gasteiger partial charge in [0.2, 0.25) is 0 Å². The van der Waals surface area contributed by atoms with Crippen molar-refractivity contribution >= 4 is 26.8 Å². The second-order valence-corrected chi connectivity index (χ2v) is 8.96. The summed E-state index contributed by atoms with van der Waals surface area (Å²) in [6.07, 6.45) is 1.31. The Morgan fingerprint density at radius 1 is 1.33 bits per heavy atom. The van der Waals surface area contributed by atoms with Crippen molar-refractivity contribution < 1.29 is 13.2 Å². The predicted octanol–water partition coefficient (Wildman–Crippen LogP) is 1.98. The number of aromatic nitrogens is 1. The normalized spacial score (nSPS) is 25.6. The molecule has 24 heavy (non-hydrogen) atoms. The number of nitrogens with zero attached hydrogens (tertiary/aromatic N) is 1. The van der Waals surface area contributed by atoms with Gasteiger partial charge in [0.15, 0.2) is 9.84 Å². The number of aromatic amines is 1. The van der Waals surface area contributed by atoms with Crippen molar-refractivity contribution in [1.82, 2.24) is 15.2 Å². The van der Waals surface area contributed by atoms with Crippen molar-refractivity contribution in [3.05, 3.63) is 35.5 Å². The maximum atomic E-state index is 12.6. The van der Waals surface area contributed by atoms with Gasteiger partial charge < -0.3 is 15.2 Å². The number of benzene rings is 1. The Hall–Kier alpha value is -2.02. The maximum absolute atomic E-state index is 12.6. The van der Waals surface area contributed by atoms with Crippen LogP contribution in [0.1, 0.15) is 30.6 Å². The van der Waals surface area contributed by atoms with Crippen molar-refractivity contribution in [2.24, 2.45) is 0 Å². The lowest BCUT2D eigenvalue weighted by Gasteiger charge is -2.34. The topological polar surface area (TPSA) is 82.3 Å². The van der Waals surface area contributed by atoms with Crippen LogP contribution in [-0.2, 0) is 16.3 Å². The number of amides is 2. The second-order valence-electron chi connectivity index (χ2n) is 6.73. The summed E-state index contributed by atoms with van der Waals surface area (Å²) < 4.78 is 23.1. The standard InChI is InChI=1S/C17H21N3O3S/c1-11-16-14(13-4-2-3-5-15(13)19-16)6-8-20(11)17(21)18-12-7-9-24(22,23)10-12/h2-5,11-12,19H,6-10H2,1H3,(H,18,21)/t11-,12-/m1/s1. The van der Waals surface area contributed by atoms with Crippen molar-refractivity contribution in [3.63, 3.8) is 0 Å². The third-order valence-corrected chi connectivity index (χ3v) is 6.92. The van der Waals surface area contributed by atoms with Crippen LogP contribution in [0.2, 0.25) is 0 Å². The Labute approximate surface area is 141 Å². The Kier molecular flexibility index (Phi) is 3.56. The third-order valence-electron chi connectivity index (χ3n) is 5.16. The summed E-state index contributed by atoms with van der Waals surface area (Å²) in [5, 5.41) is 4.12. The fourth-order valence-corrected chi connectivity index (χ4v) is 5.55. The van der Waals surface area contributed by atoms with Gasteiger partial charge in [-0.05, 0) is 31.4 Å². The minimum atomic E-state index is -2.99. The number of hydrogen-bond donors (Lipinski definition) is 2. The van der Waals surface area contributed by atoms with E-state index >= 15 is 0 Å². The molecule has 2 atom stereocenters. The summed E-state index contributed by atoms with van der Waals surface area (Å²) >= 11 is 0. The molecule has 1 fully saturated rings. The van der Waals surface area contributed by atoms with Crippen LogP contribution in [0.5, 0.6) is 0 Å². The van der Waals surface area contributed by atoms with Crippen LogP contribution in [0, 0.1) is 0 Å². The molecular weight excluding hydrogens is 326 g/mol. The molecule has 0 saturated carbocycles. The monoisotopic (exact) mass is 347 g/mol. The lowest BCUT2D eigenvalue weighted by molar-refractivity contribution is 0.171. The van der Waals surface area contributed by atoms with E-state index in [0.29, 0.717) is 13.0 Å². The smallest absolute Gasteiger partial charge is 0.318 e. The number of rotatable bonds is 1. The van der Waals surface area contributed by atoms with Crippen LogP contribution in [0.4, 0.5) is 4.79 Å². The summed E-state index contributed by atoms with van der Waals surface area (Å²) in [5.74, 6) is 0.221. The van der Waals surface area contributed by atoms with Crippen LogP contribution in [0.15, 0.2) is 24.3 Å². The van der Waals surface area contributed by atoms with E-state index in [4.69, 9.17) is 0 Å². The van der Waals surface area contributed by atoms with Gasteiger partial charge in [0.1, 0.15) is 0 Å². The SMILES string of the molecule is C[C@@H]1c2[nH]c3ccccc3c2CCN1C(=O)N[C@@H]1CCS(=O)(=O)C1. The minimum absolute atomic E-state index is 0.0542. The average Bonchev–Trinajstić information content (AvgIpc) is 3.08. The highest BCUT2D eigenvalue weighted by Crippen LogP contribution is 2.34. The fourth-order valence-electron chi connectivity index (χ4n) is 3.87. The molecule has 1 saturated heterocycles. The lowest BCUT2D eigenvalue weighted by atomic mass is 9.98. The van der Waals surface area contributed by atoms with Crippen molar-refractivity contribution in [2.45, 2.75) is 31.8 Å². The van der Waals surface area contributed by atoms with Gasteiger partial charge in [-0.15, -0.1) is 0 Å². The number of sulfone groups is 1. The number of urea groups is 1. The average molecular weight is 347 g/mol. The zero-order valence-electron chi connectivity index (χ0n) is 13.6. The molecule has 0 unspecified atom stereocenters. The van der Waals surface area contributed by atoms with E-state index in [0.717, 1.165) is 17.6 Å². The summed E-state index contributed by atoms with van der Waals surface area (Å²) in [6, 6.07) is 7.69. The van der Waals surface area contributed by atoms with E-state index in [9.17, 15) is 13.2 Å². The Bertz CT molecular complexity index is 903. The van der Waals surface area contributed by atoms with E-state index in [1.54, 1.807) is 4.90 Å². The van der Waals surface area contributed by atoms with E-state index in [-0.39, 0.29) is 29.6 Å². The first-order chi connectivity index (χ1) is 11.4. The van der Waals surface area contributed by atoms with Gasteiger partial charge >= 0.3 is 6.03 Å². The van der Waals surface area contributed by atoms with Gasteiger partial charge in [0.05, 0.1) is 17.5 Å². The van der Waals surface area contributed by atoms with Gasteiger partial charge in [-0.25, -0.2) is 13.2 Å². The number of nitrogens with one attached hydrogen (secondary N) is 2. The van der Waals surface area contributed by atoms with E-state index in [1.807, 2.05) is 25.1 Å². The zero-order valence-corrected chi connectivity index (χ0v) is 14.4. The highest BCUT2D eigenvalue weighted by molar-refractivity contribution is 7.91. The lowest BCUT2D eigenvalue weighted by Crippen LogP contribution is -2.48. The molecular formula is C17H21N3O3S. The van der Waals surface area contributed by atoms with Crippen LogP contribution < -0.4 is 5.32 Å². The molecule has 0 radical (unpaired) electrons. The van der Waals surface area contributed by atoms with Crippen LogP contribution in [-0.4, -0.2) is 48.4 Å². The van der Waals surface area contributed by atoms with E-state index in [1.165, 1.54) is 10.9 Å². The number of carbonyl (C=O) groups excluding carboxylic acids is 1. The number of H-pyrrole nitrogens is 1. The van der Waals surface area contributed by atoms with Crippen molar-refractivity contribution in [1.29, 1.82) is 0 Å². The number of fused-ring (bicyclic) bond motifs is 3. The summed E-state index contributed by atoms with van der Waals surface area (Å²) in [4.78, 5) is 17.8. The highest BCUT2D eigenvalue weighted by atomic mass is 32.2. The van der Waals surface area contributed by atoms with Crippen molar-refractivity contribution in [2.75, 3.05) is 18.1 Å². The molecule has 2 aliphatic heterocycles. The molecule has 128 valence electrons. The molecule has 2 N–H and O–H groups in total. The molecule has 4 rings (SSSR count). The molecule has 1 aromatic carbocycles. The van der Waals surface area contributed by atoms with Crippen LogP contribution in [0.3, 0.4) is 0 Å². The first-order valence-corrected chi connectivity index (χ1v) is 10.1. The second kappa shape index (κ2) is 5.51. The summed E-state index contributed by atoms with van der Waals surface area (Å²) in [6.45, 7) is 2.65. The largest absolute Gasteiger partial charge is 0.356 e. The van der Waals surface area contributed by atoms with E-state index in [2.05, 4.69) is 16.4 Å². The predicted molar refractivity (Wildman–Crippen MR) is 92.7 cm³/mol. The zero-order chi connectivity index (χ0) is 16.9. The number of hydrogen-bond acceptors (Lipinski definition) is 3. The highest BCUT2D eigenvalue weighted by Gasteiger charge is 2.34. The first-order valence-electron chi connectivity index (χ1n) is 8.31. The van der Waals surface area contributed by atoms with Gasteiger partial charge in [0.25, 0.3) is 0 Å². The third kappa shape index (κ3) is 2.56. The number of para-hydroxylation sites is 1. The number of carbonyl (C=O) groups is 1. The maximum Gasteiger partial charge on any atom is 0.318 e. The molecule has 3 heterocycles. The Morgan fingerprint density at radius 3 is 2.88 bits per heavy atom. The fraction of sp³-hybridized carbons (Fsp3) is 0.471. The molecule has 7 heteroatoms. The Morgan fingerprint density at radius 2 is 2.12 bits per heavy atom. The molecule has 0 bridgehead atoms. The molecule has 2 aliphatic rings. The Balaban J connectivity index is 1.54. The quantitative estimate of drug-likeness (QED) is 0.827. The van der Waals surface area contributed by atoms with Crippen LogP contribution in [0.25, 0.3) is 10.9 Å². The molecule has 1 aromatic heterocycles. The summed E-state index contributed by atoms with van der Waals surface area (Å²) in [7, 11) is -2.99. The molecule has 6 nitrogen and oxygen atoms in total. The molecule has 2 aromatic rings. The van der Waals surface area contributed by atoms with Gasteiger partial charge in [-0.2, -0.15) is 0 Å². The molecule has 0 aliphatic carbocycles. The van der Waals surface area contributed by atoms with Crippen LogP contribution >= 0.6 is 0 Å². The van der Waals surface area contributed by atoms with Crippen molar-refractivity contribution in [3.8, 4) is 0 Å². The first kappa shape index (κ1) is 15.5. The van der Waals surface area contributed by atoms with Gasteiger partial charge in [-0.1, -0.05) is 18.2 Å². The molecule has 0 spiro atoms. The summed E-state index contributed by atoms with van der Waals surface area (Å²) in [5.41, 5.74) is 3.46. The van der Waals surface area contributed by atoms with E-state index < -0.39 is 9.84 Å². The minimum Gasteiger partial charge on any atom is -0.356 e. The van der Waals surface area contributed by atoms with Gasteiger partial charge in [0, 0.05) is 29.2 Å². The molecule has 2 amide bonds. The van der Waals surface area contributed by atoms with Gasteiger partial charge in [-0.3, -0.25) is 0 Å².